The summed E-state index contributed by atoms with van der Waals surface area (Å²) in [6.07, 6.45) is 3.42. The number of ether oxygens (including phenoxy) is 1. The molecule has 0 bridgehead atoms. The van der Waals surface area contributed by atoms with Gasteiger partial charge < -0.3 is 4.74 Å². The maximum Gasteiger partial charge on any atom is 0.190 e. The zero-order valence-corrected chi connectivity index (χ0v) is 12.9. The van der Waals surface area contributed by atoms with Gasteiger partial charge in [-0.25, -0.2) is 0 Å². The van der Waals surface area contributed by atoms with Crippen molar-refractivity contribution < 1.29 is 14.3 Å². The van der Waals surface area contributed by atoms with Crippen LogP contribution in [0.3, 0.4) is 0 Å². The van der Waals surface area contributed by atoms with Gasteiger partial charge in [-0.15, -0.1) is 0 Å². The highest BCUT2D eigenvalue weighted by molar-refractivity contribution is 14.1. The van der Waals surface area contributed by atoms with E-state index in [1.165, 1.54) is 6.08 Å². The van der Waals surface area contributed by atoms with Gasteiger partial charge in [0.15, 0.2) is 11.6 Å². The predicted molar refractivity (Wildman–Crippen MR) is 82.5 cm³/mol. The van der Waals surface area contributed by atoms with Crippen molar-refractivity contribution in [3.05, 3.63) is 41.0 Å². The molecule has 0 N–H and O–H groups in total. The quantitative estimate of drug-likeness (QED) is 0.452. The largest absolute Gasteiger partial charge is 0.493 e. The first-order chi connectivity index (χ1) is 9.15. The van der Waals surface area contributed by atoms with Crippen molar-refractivity contribution in [1.29, 1.82) is 0 Å². The Balaban J connectivity index is 2.25. The van der Waals surface area contributed by atoms with E-state index in [1.54, 1.807) is 25.1 Å². The van der Waals surface area contributed by atoms with Gasteiger partial charge in [0.1, 0.15) is 5.75 Å². The third kappa shape index (κ3) is 3.05. The summed E-state index contributed by atoms with van der Waals surface area (Å²) < 4.78 is 6.75. The molecule has 4 heteroatoms. The van der Waals surface area contributed by atoms with Crippen molar-refractivity contribution >= 4 is 34.2 Å². The molecule has 1 aromatic rings. The summed E-state index contributed by atoms with van der Waals surface area (Å²) in [5.74, 6) is 0.289. The Hall–Kier alpha value is -1.17. The third-order valence-corrected chi connectivity index (χ3v) is 3.77. The SMILES string of the molecule is CC1=CC(=O)c2c(OCCCCI)cccc2C1=O. The van der Waals surface area contributed by atoms with Crippen molar-refractivity contribution in [1.82, 2.24) is 0 Å². The van der Waals surface area contributed by atoms with Gasteiger partial charge in [-0.2, -0.15) is 0 Å². The molecule has 0 aliphatic heterocycles. The number of alkyl halides is 1. The van der Waals surface area contributed by atoms with Gasteiger partial charge in [-0.3, -0.25) is 9.59 Å². The number of halogens is 1. The third-order valence-electron chi connectivity index (χ3n) is 3.01. The van der Waals surface area contributed by atoms with E-state index >= 15 is 0 Å². The van der Waals surface area contributed by atoms with Crippen LogP contribution in [0.5, 0.6) is 5.75 Å². The van der Waals surface area contributed by atoms with Gasteiger partial charge in [0, 0.05) is 11.1 Å². The van der Waals surface area contributed by atoms with Crippen molar-refractivity contribution in [2.75, 3.05) is 11.0 Å². The number of Topliss-reactive ketones (excluding diaryl/α,β-unsaturated/α-hetero) is 1. The Bertz CT molecular complexity index is 546. The number of carbonyl (C=O) groups excluding carboxylic acids is 2. The zero-order valence-electron chi connectivity index (χ0n) is 10.7. The van der Waals surface area contributed by atoms with Gasteiger partial charge in [0.2, 0.25) is 0 Å². The smallest absolute Gasteiger partial charge is 0.190 e. The topological polar surface area (TPSA) is 43.4 Å². The summed E-state index contributed by atoms with van der Waals surface area (Å²) in [7, 11) is 0. The molecule has 0 atom stereocenters. The molecule has 1 aliphatic carbocycles. The van der Waals surface area contributed by atoms with Crippen LogP contribution in [0.25, 0.3) is 0 Å². The highest BCUT2D eigenvalue weighted by Crippen LogP contribution is 2.29. The molecule has 0 spiro atoms. The van der Waals surface area contributed by atoms with E-state index in [-0.39, 0.29) is 11.6 Å². The lowest BCUT2D eigenvalue weighted by Crippen LogP contribution is -2.17. The van der Waals surface area contributed by atoms with E-state index < -0.39 is 0 Å². The van der Waals surface area contributed by atoms with Crippen LogP contribution >= 0.6 is 22.6 Å². The lowest BCUT2D eigenvalue weighted by atomic mass is 9.89. The van der Waals surface area contributed by atoms with E-state index in [9.17, 15) is 9.59 Å². The van der Waals surface area contributed by atoms with Gasteiger partial charge in [0.25, 0.3) is 0 Å². The normalized spacial score (nSPS) is 14.1. The predicted octanol–water partition coefficient (Wildman–Crippen LogP) is 3.61. The van der Waals surface area contributed by atoms with E-state index in [0.29, 0.717) is 29.1 Å². The monoisotopic (exact) mass is 370 g/mol. The minimum absolute atomic E-state index is 0.0905. The summed E-state index contributed by atoms with van der Waals surface area (Å²) in [6, 6.07) is 5.20. The molecule has 0 fully saturated rings. The molecule has 0 amide bonds. The molecule has 100 valence electrons. The molecule has 2 rings (SSSR count). The number of unbranched alkanes of at least 4 members (excludes halogenated alkanes) is 1. The van der Waals surface area contributed by atoms with Crippen LogP contribution in [0, 0.1) is 0 Å². The van der Waals surface area contributed by atoms with E-state index in [1.807, 2.05) is 0 Å². The average molecular weight is 370 g/mol. The molecular weight excluding hydrogens is 355 g/mol. The number of hydrogen-bond donors (Lipinski definition) is 0. The molecule has 3 nitrogen and oxygen atoms in total. The number of hydrogen-bond acceptors (Lipinski definition) is 3. The van der Waals surface area contributed by atoms with E-state index in [4.69, 9.17) is 4.74 Å². The number of ketones is 2. The number of benzene rings is 1. The second-order valence-corrected chi connectivity index (χ2v) is 5.52. The fourth-order valence-electron chi connectivity index (χ4n) is 2.02. The first-order valence-corrected chi connectivity index (χ1v) is 7.77. The van der Waals surface area contributed by atoms with E-state index in [2.05, 4.69) is 22.6 Å². The highest BCUT2D eigenvalue weighted by atomic mass is 127. The van der Waals surface area contributed by atoms with Crippen LogP contribution in [0.15, 0.2) is 29.8 Å². The second-order valence-electron chi connectivity index (χ2n) is 4.44. The Morgan fingerprint density at radius 1 is 1.21 bits per heavy atom. The molecule has 1 aliphatic rings. The van der Waals surface area contributed by atoms with Gasteiger partial charge in [-0.05, 0) is 36.3 Å². The molecule has 0 saturated carbocycles. The Labute approximate surface area is 126 Å². The first kappa shape index (κ1) is 14.2. The molecule has 0 unspecified atom stereocenters. The maximum absolute atomic E-state index is 12.0. The maximum atomic E-state index is 12.0. The zero-order chi connectivity index (χ0) is 13.8. The average Bonchev–Trinajstić information content (AvgIpc) is 2.41. The summed E-state index contributed by atoms with van der Waals surface area (Å²) in [5.41, 5.74) is 1.35. The Morgan fingerprint density at radius 3 is 2.74 bits per heavy atom. The number of rotatable bonds is 5. The van der Waals surface area contributed by atoms with Crippen molar-refractivity contribution in [2.45, 2.75) is 19.8 Å². The lowest BCUT2D eigenvalue weighted by molar-refractivity contribution is 0.0981. The Morgan fingerprint density at radius 2 is 2.00 bits per heavy atom. The van der Waals surface area contributed by atoms with Crippen LogP contribution in [0.4, 0.5) is 0 Å². The van der Waals surface area contributed by atoms with Crippen LogP contribution < -0.4 is 4.74 Å². The molecule has 0 saturated heterocycles. The van der Waals surface area contributed by atoms with Crippen LogP contribution in [0.1, 0.15) is 40.5 Å². The van der Waals surface area contributed by atoms with Crippen molar-refractivity contribution in [3.63, 3.8) is 0 Å². The van der Waals surface area contributed by atoms with Gasteiger partial charge >= 0.3 is 0 Å². The number of allylic oxidation sites excluding steroid dienone is 2. The first-order valence-electron chi connectivity index (χ1n) is 6.24. The molecule has 1 aromatic carbocycles. The molecule has 19 heavy (non-hydrogen) atoms. The van der Waals surface area contributed by atoms with Crippen molar-refractivity contribution in [2.24, 2.45) is 0 Å². The summed E-state index contributed by atoms with van der Waals surface area (Å²) in [4.78, 5) is 24.1. The van der Waals surface area contributed by atoms with Crippen LogP contribution in [-0.4, -0.2) is 22.6 Å². The lowest BCUT2D eigenvalue weighted by Gasteiger charge is -2.16. The standard InChI is InChI=1S/C15H15IO3/c1-10-9-12(17)14-11(15(10)18)5-4-6-13(14)19-8-3-2-7-16/h4-6,9H,2-3,7-8H2,1H3. The number of carbonyl (C=O) groups is 2. The summed E-state index contributed by atoms with van der Waals surface area (Å²) in [6.45, 7) is 2.24. The summed E-state index contributed by atoms with van der Waals surface area (Å²) >= 11 is 2.32. The van der Waals surface area contributed by atoms with Crippen LogP contribution in [0.2, 0.25) is 0 Å². The summed E-state index contributed by atoms with van der Waals surface area (Å²) in [5, 5.41) is 0. The second kappa shape index (κ2) is 6.32. The molecule has 0 radical (unpaired) electrons. The molecular formula is C15H15IO3. The van der Waals surface area contributed by atoms with Crippen molar-refractivity contribution in [3.8, 4) is 5.75 Å². The fourth-order valence-corrected chi connectivity index (χ4v) is 2.56. The van der Waals surface area contributed by atoms with Crippen LogP contribution in [-0.2, 0) is 0 Å². The molecule has 0 aromatic heterocycles. The number of fused-ring (bicyclic) bond motifs is 1. The van der Waals surface area contributed by atoms with Gasteiger partial charge in [0.05, 0.1) is 12.2 Å². The molecule has 0 heterocycles. The highest BCUT2D eigenvalue weighted by Gasteiger charge is 2.26. The van der Waals surface area contributed by atoms with E-state index in [0.717, 1.165) is 17.3 Å². The Kier molecular flexibility index (Phi) is 4.74. The van der Waals surface area contributed by atoms with Gasteiger partial charge in [-0.1, -0.05) is 34.7 Å². The minimum Gasteiger partial charge on any atom is -0.493 e. The fraction of sp³-hybridized carbons (Fsp3) is 0.333. The minimum atomic E-state index is -0.142.